The Morgan fingerprint density at radius 1 is 1.00 bits per heavy atom. The average Bonchev–Trinajstić information content (AvgIpc) is 2.43. The Morgan fingerprint density at radius 2 is 1.62 bits per heavy atom. The van der Waals surface area contributed by atoms with E-state index in [1.807, 2.05) is 4.72 Å². The summed E-state index contributed by atoms with van der Waals surface area (Å²) in [4.78, 5) is -0.875. The van der Waals surface area contributed by atoms with Crippen molar-refractivity contribution in [1.82, 2.24) is 0 Å². The van der Waals surface area contributed by atoms with Crippen LogP contribution in [0.15, 0.2) is 35.2 Å². The first kappa shape index (κ1) is 18.3. The Morgan fingerprint density at radius 3 is 2.21 bits per heavy atom. The molecule has 0 aliphatic carbocycles. The van der Waals surface area contributed by atoms with Crippen molar-refractivity contribution in [1.29, 1.82) is 0 Å². The summed E-state index contributed by atoms with van der Waals surface area (Å²) < 4.78 is 68.3. The van der Waals surface area contributed by atoms with Crippen molar-refractivity contribution >= 4 is 15.7 Å². The van der Waals surface area contributed by atoms with Crippen LogP contribution in [0.1, 0.15) is 31.9 Å². The maximum absolute atomic E-state index is 14.8. The lowest BCUT2D eigenvalue weighted by Crippen LogP contribution is -2.20. The van der Waals surface area contributed by atoms with Crippen molar-refractivity contribution in [2.75, 3.05) is 4.72 Å². The molecule has 0 aromatic heterocycles. The smallest absolute Gasteiger partial charge is 0.265 e. The molecule has 0 radical (unpaired) electrons. The van der Waals surface area contributed by atoms with Gasteiger partial charge in [0.05, 0.1) is 5.69 Å². The molecule has 0 aliphatic heterocycles. The van der Waals surface area contributed by atoms with E-state index < -0.39 is 37.8 Å². The summed E-state index contributed by atoms with van der Waals surface area (Å²) in [6.07, 6.45) is 0. The van der Waals surface area contributed by atoms with Gasteiger partial charge in [0.1, 0.15) is 16.5 Å². The monoisotopic (exact) mass is 357 g/mol. The molecule has 0 fully saturated rings. The fraction of sp³-hybridized carbons (Fsp3) is 0.294. The third-order valence-electron chi connectivity index (χ3n) is 3.53. The second kappa shape index (κ2) is 6.12. The van der Waals surface area contributed by atoms with Gasteiger partial charge in [-0.05, 0) is 47.7 Å². The highest BCUT2D eigenvalue weighted by Crippen LogP contribution is 2.33. The van der Waals surface area contributed by atoms with Gasteiger partial charge >= 0.3 is 0 Å². The van der Waals surface area contributed by atoms with Crippen molar-refractivity contribution in [3.63, 3.8) is 0 Å². The van der Waals surface area contributed by atoms with Crippen LogP contribution in [0, 0.1) is 24.4 Å². The van der Waals surface area contributed by atoms with Crippen molar-refractivity contribution < 1.29 is 21.6 Å². The number of halogens is 3. The van der Waals surface area contributed by atoms with Crippen LogP contribution in [0.25, 0.3) is 0 Å². The minimum Gasteiger partial charge on any atom is -0.277 e. The first-order chi connectivity index (χ1) is 10.9. The third kappa shape index (κ3) is 3.56. The van der Waals surface area contributed by atoms with E-state index in [1.54, 1.807) is 33.8 Å². The van der Waals surface area contributed by atoms with Crippen LogP contribution in [0.4, 0.5) is 18.9 Å². The molecule has 0 bridgehead atoms. The van der Waals surface area contributed by atoms with Crippen LogP contribution >= 0.6 is 0 Å². The van der Waals surface area contributed by atoms with Crippen molar-refractivity contribution in [2.24, 2.45) is 0 Å². The van der Waals surface area contributed by atoms with Crippen molar-refractivity contribution in [3.05, 3.63) is 58.9 Å². The molecular weight excluding hydrogens is 339 g/mol. The second-order valence-electron chi connectivity index (χ2n) is 6.55. The molecule has 2 rings (SSSR count). The molecule has 0 aliphatic rings. The number of hydrogen-bond donors (Lipinski definition) is 1. The lowest BCUT2D eigenvalue weighted by atomic mass is 9.83. The summed E-state index contributed by atoms with van der Waals surface area (Å²) in [5.41, 5.74) is 0.149. The van der Waals surface area contributed by atoms with Gasteiger partial charge in [0.15, 0.2) is 5.82 Å². The quantitative estimate of drug-likeness (QED) is 0.878. The summed E-state index contributed by atoms with van der Waals surface area (Å²) in [7, 11) is -4.47. The molecule has 2 aromatic rings. The molecule has 130 valence electrons. The second-order valence-corrected chi connectivity index (χ2v) is 8.20. The molecule has 0 heterocycles. The zero-order chi connectivity index (χ0) is 18.3. The Balaban J connectivity index is 2.54. The minimum absolute atomic E-state index is 0.311. The number of anilines is 1. The fourth-order valence-corrected chi connectivity index (χ4v) is 3.70. The van der Waals surface area contributed by atoms with E-state index in [-0.39, 0.29) is 5.69 Å². The van der Waals surface area contributed by atoms with E-state index >= 15 is 0 Å². The Kier molecular flexibility index (Phi) is 4.68. The van der Waals surface area contributed by atoms with E-state index in [0.29, 0.717) is 23.3 Å². The molecule has 1 N–H and O–H groups in total. The van der Waals surface area contributed by atoms with Crippen LogP contribution in [0.2, 0.25) is 0 Å². The molecule has 0 saturated heterocycles. The highest BCUT2D eigenvalue weighted by molar-refractivity contribution is 7.92. The van der Waals surface area contributed by atoms with E-state index in [2.05, 4.69) is 0 Å². The standard InChI is InChI=1S/C17H18F3NO2S/c1-10-5-8-13(16(20)15(10)17(2,3)4)21-24(22,23)14-9-11(18)6-7-12(14)19/h5-9,21H,1-4H3. The molecule has 0 unspecified atom stereocenters. The van der Waals surface area contributed by atoms with Gasteiger partial charge < -0.3 is 0 Å². The third-order valence-corrected chi connectivity index (χ3v) is 4.91. The predicted octanol–water partition coefficient (Wildman–Crippen LogP) is 4.51. The van der Waals surface area contributed by atoms with Crippen LogP contribution < -0.4 is 4.72 Å². The number of hydrogen-bond acceptors (Lipinski definition) is 2. The van der Waals surface area contributed by atoms with Gasteiger partial charge in [-0.3, -0.25) is 4.72 Å². The van der Waals surface area contributed by atoms with E-state index in [9.17, 15) is 21.6 Å². The molecule has 24 heavy (non-hydrogen) atoms. The summed E-state index contributed by atoms with van der Waals surface area (Å²) in [5.74, 6) is -2.76. The SMILES string of the molecule is Cc1ccc(NS(=O)(=O)c2cc(F)ccc2F)c(F)c1C(C)(C)C. The summed E-state index contributed by atoms with van der Waals surface area (Å²) in [5, 5.41) is 0. The van der Waals surface area contributed by atoms with Gasteiger partial charge in [0.25, 0.3) is 10.0 Å². The van der Waals surface area contributed by atoms with Crippen molar-refractivity contribution in [3.8, 4) is 0 Å². The van der Waals surface area contributed by atoms with Gasteiger partial charge in [0.2, 0.25) is 0 Å². The van der Waals surface area contributed by atoms with Crippen molar-refractivity contribution in [2.45, 2.75) is 38.0 Å². The maximum atomic E-state index is 14.8. The van der Waals surface area contributed by atoms with Gasteiger partial charge in [-0.25, -0.2) is 21.6 Å². The number of sulfonamides is 1. The number of aryl methyl sites for hydroxylation is 1. The van der Waals surface area contributed by atoms with E-state index in [4.69, 9.17) is 0 Å². The zero-order valence-corrected chi connectivity index (χ0v) is 14.6. The van der Waals surface area contributed by atoms with E-state index in [0.717, 1.165) is 6.07 Å². The maximum Gasteiger partial charge on any atom is 0.265 e. The highest BCUT2D eigenvalue weighted by atomic mass is 32.2. The van der Waals surface area contributed by atoms with Crippen LogP contribution in [-0.4, -0.2) is 8.42 Å². The summed E-state index contributed by atoms with van der Waals surface area (Å²) in [6.45, 7) is 7.10. The average molecular weight is 357 g/mol. The topological polar surface area (TPSA) is 46.2 Å². The van der Waals surface area contributed by atoms with Crippen LogP contribution in [0.5, 0.6) is 0 Å². The minimum atomic E-state index is -4.47. The summed E-state index contributed by atoms with van der Waals surface area (Å²) >= 11 is 0. The van der Waals surface area contributed by atoms with Crippen LogP contribution in [-0.2, 0) is 15.4 Å². The normalized spacial score (nSPS) is 12.3. The fourth-order valence-electron chi connectivity index (χ4n) is 2.56. The first-order valence-electron chi connectivity index (χ1n) is 7.21. The Labute approximate surface area is 139 Å². The Bertz CT molecular complexity index is 887. The first-order valence-corrected chi connectivity index (χ1v) is 8.69. The number of benzene rings is 2. The number of nitrogens with one attached hydrogen (secondary N) is 1. The van der Waals surface area contributed by atoms with E-state index in [1.165, 1.54) is 6.07 Å². The molecule has 0 amide bonds. The molecular formula is C17H18F3NO2S. The van der Waals surface area contributed by atoms with Gasteiger partial charge in [-0.15, -0.1) is 0 Å². The van der Waals surface area contributed by atoms with Gasteiger partial charge in [-0.2, -0.15) is 0 Å². The lowest BCUT2D eigenvalue weighted by Gasteiger charge is -2.24. The zero-order valence-electron chi connectivity index (χ0n) is 13.7. The summed E-state index contributed by atoms with van der Waals surface area (Å²) in [6, 6.07) is 4.89. The van der Waals surface area contributed by atoms with Gasteiger partial charge in [0, 0.05) is 0 Å². The Hall–Kier alpha value is -2.02. The molecule has 7 heteroatoms. The van der Waals surface area contributed by atoms with Gasteiger partial charge in [-0.1, -0.05) is 26.8 Å². The molecule has 2 aromatic carbocycles. The van der Waals surface area contributed by atoms with Crippen LogP contribution in [0.3, 0.4) is 0 Å². The largest absolute Gasteiger partial charge is 0.277 e. The lowest BCUT2D eigenvalue weighted by molar-refractivity contribution is 0.521. The molecule has 0 saturated carbocycles. The molecule has 3 nitrogen and oxygen atoms in total. The molecule has 0 spiro atoms. The molecule has 0 atom stereocenters. The predicted molar refractivity (Wildman–Crippen MR) is 87.0 cm³/mol. The highest BCUT2D eigenvalue weighted by Gasteiger charge is 2.26. The number of rotatable bonds is 3.